The Hall–Kier alpha value is -2.85. The first-order valence-corrected chi connectivity index (χ1v) is 14.1. The molecule has 1 N–H and O–H groups in total. The molecule has 0 radical (unpaired) electrons. The van der Waals surface area contributed by atoms with Crippen molar-refractivity contribution in [3.8, 4) is 0 Å². The number of anilines is 2. The Labute approximate surface area is 222 Å². The number of hydrogen-bond donors (Lipinski definition) is 1. The van der Waals surface area contributed by atoms with Crippen LogP contribution >= 0.6 is 11.3 Å². The van der Waals surface area contributed by atoms with Gasteiger partial charge in [0.2, 0.25) is 5.01 Å². The molecule has 0 spiro atoms. The minimum atomic E-state index is -5.73. The number of sulfonamides is 1. The summed E-state index contributed by atoms with van der Waals surface area (Å²) in [6, 6.07) is 3.05. The average molecular weight is 579 g/mol. The predicted octanol–water partition coefficient (Wildman–Crippen LogP) is 5.21. The Kier molecular flexibility index (Phi) is 9.64. The Morgan fingerprint density at radius 2 is 2.00 bits per heavy atom. The summed E-state index contributed by atoms with van der Waals surface area (Å²) in [6.45, 7) is 6.94. The number of fused-ring (bicyclic) bond motifs is 1. The fourth-order valence-corrected chi connectivity index (χ4v) is 5.04. The maximum atomic E-state index is 13.2. The van der Waals surface area contributed by atoms with Crippen LogP contribution in [0.4, 0.5) is 35.4 Å². The molecule has 0 bridgehead atoms. The summed E-state index contributed by atoms with van der Waals surface area (Å²) in [4.78, 5) is 14.1. The van der Waals surface area contributed by atoms with Gasteiger partial charge in [-0.1, -0.05) is 32.1 Å². The molecule has 11 nitrogen and oxygen atoms in total. The van der Waals surface area contributed by atoms with Crippen LogP contribution in [0.5, 0.6) is 0 Å². The smallest absolute Gasteiger partial charge is 0.458 e. The molecule has 0 fully saturated rings. The number of nitrogens with one attached hydrogen (secondary N) is 1. The first-order chi connectivity index (χ1) is 17.9. The van der Waals surface area contributed by atoms with E-state index in [1.807, 2.05) is 20.8 Å². The van der Waals surface area contributed by atoms with Gasteiger partial charge in [-0.3, -0.25) is 4.72 Å². The lowest BCUT2D eigenvalue weighted by molar-refractivity contribution is -0.0429. The van der Waals surface area contributed by atoms with Gasteiger partial charge in [0, 0.05) is 25.4 Å². The minimum absolute atomic E-state index is 0.0102. The number of benzene rings is 1. The first-order valence-electron chi connectivity index (χ1n) is 11.8. The molecule has 38 heavy (non-hydrogen) atoms. The van der Waals surface area contributed by atoms with Crippen LogP contribution < -0.4 is 9.62 Å². The zero-order valence-electron chi connectivity index (χ0n) is 21.3. The molecular weight excluding hydrogens is 549 g/mol. The van der Waals surface area contributed by atoms with E-state index in [9.17, 15) is 26.4 Å². The van der Waals surface area contributed by atoms with Crippen LogP contribution in [0.25, 0.3) is 0 Å². The van der Waals surface area contributed by atoms with Crippen LogP contribution in [0.2, 0.25) is 0 Å². The number of aromatic nitrogens is 2. The quantitative estimate of drug-likeness (QED) is 0.218. The van der Waals surface area contributed by atoms with Crippen LogP contribution in [-0.4, -0.2) is 63.0 Å². The molecule has 0 aliphatic carbocycles. The number of esters is 1. The molecular formula is C22H29F3N6O5S2. The molecule has 1 aliphatic heterocycles. The van der Waals surface area contributed by atoms with Crippen molar-refractivity contribution < 1.29 is 35.9 Å². The average Bonchev–Trinajstić information content (AvgIpc) is 3.31. The SMILES string of the molecule is CCC1CCc2cc(N=Nc3nnc(C(=O)OCCOC)s3)c(NS(=O)(=O)C(F)(F)F)cc2N1CC(C)C. The highest BCUT2D eigenvalue weighted by atomic mass is 32.2. The van der Waals surface area contributed by atoms with Crippen molar-refractivity contribution in [2.24, 2.45) is 16.1 Å². The molecule has 0 saturated carbocycles. The van der Waals surface area contributed by atoms with Crippen LogP contribution in [-0.2, 0) is 25.9 Å². The highest BCUT2D eigenvalue weighted by Gasteiger charge is 2.46. The standard InChI is InChI=1S/C22H29F3N6O5S2/c1-5-15-7-6-14-10-16(26-28-21-29-27-19(37-21)20(32)36-9-8-35-4)17(30-38(33,34)22(23,24)25)11-18(14)31(15)12-13(2)3/h10-11,13,15,30H,5-9,12H2,1-4H3. The second-order valence-corrected chi connectivity index (χ2v) is 11.5. The van der Waals surface area contributed by atoms with Crippen LogP contribution in [0, 0.1) is 5.92 Å². The third-order valence-electron chi connectivity index (χ3n) is 5.63. The second-order valence-electron chi connectivity index (χ2n) is 8.91. The van der Waals surface area contributed by atoms with Crippen molar-refractivity contribution in [3.63, 3.8) is 0 Å². The molecule has 3 rings (SSSR count). The van der Waals surface area contributed by atoms with Gasteiger partial charge in [-0.25, -0.2) is 4.79 Å². The van der Waals surface area contributed by atoms with Gasteiger partial charge in [-0.05, 0) is 42.9 Å². The molecule has 16 heteroatoms. The zero-order chi connectivity index (χ0) is 28.1. The fourth-order valence-electron chi connectivity index (χ4n) is 3.91. The van der Waals surface area contributed by atoms with Crippen molar-refractivity contribution in [2.75, 3.05) is 36.5 Å². The highest BCUT2D eigenvalue weighted by Crippen LogP contribution is 2.41. The normalized spacial score (nSPS) is 16.2. The van der Waals surface area contributed by atoms with Crippen molar-refractivity contribution in [1.29, 1.82) is 0 Å². The zero-order valence-corrected chi connectivity index (χ0v) is 22.9. The van der Waals surface area contributed by atoms with E-state index in [-0.39, 0.29) is 46.7 Å². The molecule has 0 saturated heterocycles. The number of halogens is 3. The van der Waals surface area contributed by atoms with Crippen molar-refractivity contribution in [3.05, 3.63) is 22.7 Å². The minimum Gasteiger partial charge on any atom is -0.458 e. The number of carbonyl (C=O) groups is 1. The molecule has 2 heterocycles. The monoisotopic (exact) mass is 578 g/mol. The number of aryl methyl sites for hydroxylation is 1. The van der Waals surface area contributed by atoms with E-state index in [0.717, 1.165) is 29.7 Å². The number of hydrogen-bond acceptors (Lipinski definition) is 11. The Bertz CT molecular complexity index is 1270. The lowest BCUT2D eigenvalue weighted by Gasteiger charge is -2.40. The number of ether oxygens (including phenoxy) is 2. The van der Waals surface area contributed by atoms with Crippen LogP contribution in [0.15, 0.2) is 22.4 Å². The summed E-state index contributed by atoms with van der Waals surface area (Å²) in [5.74, 6) is -0.485. The fraction of sp³-hybridized carbons (Fsp3) is 0.591. The molecule has 0 amide bonds. The maximum absolute atomic E-state index is 13.2. The van der Waals surface area contributed by atoms with E-state index in [2.05, 4.69) is 25.3 Å². The van der Waals surface area contributed by atoms with E-state index < -0.39 is 21.5 Å². The lowest BCUT2D eigenvalue weighted by atomic mass is 9.92. The number of carbonyl (C=O) groups excluding carboxylic acids is 1. The Balaban J connectivity index is 1.99. The second kappa shape index (κ2) is 12.3. The maximum Gasteiger partial charge on any atom is 0.516 e. The van der Waals surface area contributed by atoms with Gasteiger partial charge in [-0.15, -0.1) is 20.4 Å². The summed E-state index contributed by atoms with van der Waals surface area (Å²) >= 11 is 0.756. The van der Waals surface area contributed by atoms with E-state index >= 15 is 0 Å². The van der Waals surface area contributed by atoms with Crippen molar-refractivity contribution in [2.45, 2.75) is 51.6 Å². The number of methoxy groups -OCH3 is 1. The summed E-state index contributed by atoms with van der Waals surface area (Å²) in [6.07, 6.45) is 2.28. The topological polar surface area (TPSA) is 135 Å². The van der Waals surface area contributed by atoms with Gasteiger partial charge >= 0.3 is 21.5 Å². The third kappa shape index (κ3) is 7.17. The third-order valence-corrected chi connectivity index (χ3v) is 7.51. The van der Waals surface area contributed by atoms with Crippen LogP contribution in [0.1, 0.15) is 49.0 Å². The lowest BCUT2D eigenvalue weighted by Crippen LogP contribution is -2.41. The van der Waals surface area contributed by atoms with Gasteiger partial charge in [-0.2, -0.15) is 21.6 Å². The Morgan fingerprint density at radius 3 is 2.63 bits per heavy atom. The van der Waals surface area contributed by atoms with E-state index in [1.165, 1.54) is 19.2 Å². The summed E-state index contributed by atoms with van der Waals surface area (Å²) < 4.78 is 75.0. The van der Waals surface area contributed by atoms with Gasteiger partial charge in [0.25, 0.3) is 5.13 Å². The van der Waals surface area contributed by atoms with Crippen molar-refractivity contribution >= 4 is 49.5 Å². The Morgan fingerprint density at radius 1 is 1.26 bits per heavy atom. The summed E-state index contributed by atoms with van der Waals surface area (Å²) in [5, 5.41) is 15.1. The van der Waals surface area contributed by atoms with Crippen molar-refractivity contribution in [1.82, 2.24) is 10.2 Å². The molecule has 1 aromatic carbocycles. The molecule has 1 aromatic heterocycles. The van der Waals surface area contributed by atoms with Gasteiger partial charge in [0.1, 0.15) is 12.3 Å². The summed E-state index contributed by atoms with van der Waals surface area (Å²) in [7, 11) is -4.28. The van der Waals surface area contributed by atoms with E-state index in [4.69, 9.17) is 9.47 Å². The number of azo groups is 1. The number of alkyl halides is 3. The van der Waals surface area contributed by atoms with E-state index in [1.54, 1.807) is 4.72 Å². The van der Waals surface area contributed by atoms with Gasteiger partial charge < -0.3 is 14.4 Å². The summed E-state index contributed by atoms with van der Waals surface area (Å²) in [5.41, 5.74) is -4.58. The largest absolute Gasteiger partial charge is 0.516 e. The van der Waals surface area contributed by atoms with Gasteiger partial charge in [0.15, 0.2) is 0 Å². The van der Waals surface area contributed by atoms with Gasteiger partial charge in [0.05, 0.1) is 12.3 Å². The first kappa shape index (κ1) is 29.7. The van der Waals surface area contributed by atoms with E-state index in [0.29, 0.717) is 18.7 Å². The highest BCUT2D eigenvalue weighted by molar-refractivity contribution is 7.93. The predicted molar refractivity (Wildman–Crippen MR) is 136 cm³/mol. The molecule has 210 valence electrons. The molecule has 1 unspecified atom stereocenters. The number of nitrogens with zero attached hydrogens (tertiary/aromatic N) is 5. The molecule has 2 aromatic rings. The van der Waals surface area contributed by atoms with Crippen LogP contribution in [0.3, 0.4) is 0 Å². The molecule has 1 atom stereocenters. The molecule has 1 aliphatic rings. The number of rotatable bonds is 11.